The number of hydrogen-bond acceptors (Lipinski definition) is 4. The molecule has 0 radical (unpaired) electrons. The lowest BCUT2D eigenvalue weighted by Crippen LogP contribution is -2.19. The summed E-state index contributed by atoms with van der Waals surface area (Å²) in [6.45, 7) is 4.03. The molecule has 5 heteroatoms. The molecule has 2 aromatic heterocycles. The summed E-state index contributed by atoms with van der Waals surface area (Å²) in [5.74, 6) is 0. The Bertz CT molecular complexity index is 546. The number of aromatic nitrogens is 2. The van der Waals surface area contributed by atoms with Gasteiger partial charge in [0, 0.05) is 41.8 Å². The molecule has 1 aliphatic rings. The average molecular weight is 319 g/mol. The highest BCUT2D eigenvalue weighted by molar-refractivity contribution is 7.12. The summed E-state index contributed by atoms with van der Waals surface area (Å²) in [4.78, 5) is 5.23. The number of thiophene rings is 1. The van der Waals surface area contributed by atoms with E-state index in [1.165, 1.54) is 29.0 Å². The molecule has 1 unspecified atom stereocenters. The van der Waals surface area contributed by atoms with E-state index in [1.54, 1.807) is 0 Å². The molecule has 3 rings (SSSR count). The molecule has 0 spiro atoms. The predicted octanol–water partition coefficient (Wildman–Crippen LogP) is 3.71. The second kappa shape index (κ2) is 7.90. The van der Waals surface area contributed by atoms with Crippen LogP contribution in [-0.2, 0) is 17.8 Å². The van der Waals surface area contributed by atoms with Gasteiger partial charge in [0.25, 0.3) is 0 Å². The zero-order chi connectivity index (χ0) is 15.2. The second-order valence-corrected chi connectivity index (χ2v) is 7.22. The van der Waals surface area contributed by atoms with Gasteiger partial charge in [0.05, 0.1) is 6.10 Å². The Labute approximate surface area is 136 Å². The fourth-order valence-corrected chi connectivity index (χ4v) is 4.08. The molecule has 0 aliphatic carbocycles. The summed E-state index contributed by atoms with van der Waals surface area (Å²) < 4.78 is 7.87. The first-order valence-electron chi connectivity index (χ1n) is 8.17. The van der Waals surface area contributed by atoms with Crippen molar-refractivity contribution in [1.82, 2.24) is 14.7 Å². The Kier molecular flexibility index (Phi) is 5.64. The SMILES string of the molecule is CN(CCCn1cccn1)Cc1ccc(C2CCCCO2)s1. The van der Waals surface area contributed by atoms with E-state index < -0.39 is 0 Å². The van der Waals surface area contributed by atoms with Crippen LogP contribution < -0.4 is 0 Å². The van der Waals surface area contributed by atoms with Crippen LogP contribution in [0.25, 0.3) is 0 Å². The van der Waals surface area contributed by atoms with Crippen LogP contribution in [0.5, 0.6) is 0 Å². The molecule has 1 saturated heterocycles. The molecular weight excluding hydrogens is 294 g/mol. The molecular formula is C17H25N3OS. The molecule has 0 saturated carbocycles. The van der Waals surface area contributed by atoms with Crippen LogP contribution in [-0.4, -0.2) is 34.9 Å². The fraction of sp³-hybridized carbons (Fsp3) is 0.588. The zero-order valence-electron chi connectivity index (χ0n) is 13.3. The molecule has 0 amide bonds. The fourth-order valence-electron chi connectivity index (χ4n) is 2.90. The molecule has 1 fully saturated rings. The molecule has 0 bridgehead atoms. The third-order valence-corrected chi connectivity index (χ3v) is 5.25. The predicted molar refractivity (Wildman–Crippen MR) is 90.0 cm³/mol. The molecule has 2 aromatic rings. The first-order chi connectivity index (χ1) is 10.8. The van der Waals surface area contributed by atoms with Gasteiger partial charge in [0.15, 0.2) is 0 Å². The van der Waals surface area contributed by atoms with Gasteiger partial charge in [0.2, 0.25) is 0 Å². The smallest absolute Gasteiger partial charge is 0.0916 e. The highest BCUT2D eigenvalue weighted by atomic mass is 32.1. The maximum absolute atomic E-state index is 5.88. The first kappa shape index (κ1) is 15.7. The summed E-state index contributed by atoms with van der Waals surface area (Å²) in [7, 11) is 2.19. The molecule has 0 aromatic carbocycles. The summed E-state index contributed by atoms with van der Waals surface area (Å²) in [6, 6.07) is 6.50. The summed E-state index contributed by atoms with van der Waals surface area (Å²) in [6.07, 6.45) is 9.03. The van der Waals surface area contributed by atoms with Crippen LogP contribution in [0, 0.1) is 0 Å². The van der Waals surface area contributed by atoms with Crippen molar-refractivity contribution in [2.45, 2.75) is 44.9 Å². The highest BCUT2D eigenvalue weighted by Gasteiger charge is 2.18. The van der Waals surface area contributed by atoms with Crippen LogP contribution in [0.15, 0.2) is 30.6 Å². The number of rotatable bonds is 7. The van der Waals surface area contributed by atoms with Crippen LogP contribution in [0.3, 0.4) is 0 Å². The van der Waals surface area contributed by atoms with Crippen molar-refractivity contribution in [3.63, 3.8) is 0 Å². The van der Waals surface area contributed by atoms with E-state index in [0.29, 0.717) is 6.10 Å². The minimum atomic E-state index is 0.345. The van der Waals surface area contributed by atoms with Gasteiger partial charge in [-0.25, -0.2) is 0 Å². The van der Waals surface area contributed by atoms with Crippen molar-refractivity contribution in [2.24, 2.45) is 0 Å². The lowest BCUT2D eigenvalue weighted by Gasteiger charge is -2.21. The largest absolute Gasteiger partial charge is 0.373 e. The molecule has 120 valence electrons. The lowest BCUT2D eigenvalue weighted by molar-refractivity contribution is 0.0172. The molecule has 0 N–H and O–H groups in total. The van der Waals surface area contributed by atoms with Gasteiger partial charge in [0.1, 0.15) is 0 Å². The van der Waals surface area contributed by atoms with Gasteiger partial charge in [-0.2, -0.15) is 5.10 Å². The third kappa shape index (κ3) is 4.41. The minimum Gasteiger partial charge on any atom is -0.373 e. The van der Waals surface area contributed by atoms with Gasteiger partial charge >= 0.3 is 0 Å². The number of nitrogens with zero attached hydrogens (tertiary/aromatic N) is 3. The normalized spacial score (nSPS) is 18.9. The van der Waals surface area contributed by atoms with E-state index in [1.807, 2.05) is 34.5 Å². The summed E-state index contributed by atoms with van der Waals surface area (Å²) in [5.41, 5.74) is 0. The van der Waals surface area contributed by atoms with Crippen molar-refractivity contribution < 1.29 is 4.74 Å². The number of ether oxygens (including phenoxy) is 1. The third-order valence-electron chi connectivity index (χ3n) is 4.09. The van der Waals surface area contributed by atoms with Crippen LogP contribution in [0.1, 0.15) is 41.5 Å². The standard InChI is InChI=1S/C17H25N3OS/c1-19(10-5-12-20-11-4-9-18-20)14-15-7-8-17(22-15)16-6-2-3-13-21-16/h4,7-9,11,16H,2-3,5-6,10,12-14H2,1H3. The van der Waals surface area contributed by atoms with E-state index in [-0.39, 0.29) is 0 Å². The molecule has 4 nitrogen and oxygen atoms in total. The van der Waals surface area contributed by atoms with Crippen molar-refractivity contribution in [2.75, 3.05) is 20.2 Å². The second-order valence-electron chi connectivity index (χ2n) is 6.02. The highest BCUT2D eigenvalue weighted by Crippen LogP contribution is 2.32. The number of aryl methyl sites for hydroxylation is 1. The van der Waals surface area contributed by atoms with Gasteiger partial charge in [-0.15, -0.1) is 11.3 Å². The molecule has 22 heavy (non-hydrogen) atoms. The van der Waals surface area contributed by atoms with Gasteiger partial charge < -0.3 is 9.64 Å². The zero-order valence-corrected chi connectivity index (χ0v) is 14.1. The average Bonchev–Trinajstić information content (AvgIpc) is 3.20. The monoisotopic (exact) mass is 319 g/mol. The van der Waals surface area contributed by atoms with Crippen molar-refractivity contribution in [1.29, 1.82) is 0 Å². The van der Waals surface area contributed by atoms with E-state index in [4.69, 9.17) is 4.74 Å². The minimum absolute atomic E-state index is 0.345. The van der Waals surface area contributed by atoms with Crippen LogP contribution in [0.4, 0.5) is 0 Å². The first-order valence-corrected chi connectivity index (χ1v) is 8.99. The Morgan fingerprint density at radius 1 is 1.41 bits per heavy atom. The van der Waals surface area contributed by atoms with E-state index in [9.17, 15) is 0 Å². The lowest BCUT2D eigenvalue weighted by atomic mass is 10.1. The Morgan fingerprint density at radius 3 is 3.14 bits per heavy atom. The Balaban J connectivity index is 1.43. The van der Waals surface area contributed by atoms with Crippen molar-refractivity contribution in [3.8, 4) is 0 Å². The Morgan fingerprint density at radius 2 is 2.36 bits per heavy atom. The molecule has 1 atom stereocenters. The van der Waals surface area contributed by atoms with E-state index in [2.05, 4.69) is 29.2 Å². The van der Waals surface area contributed by atoms with Gasteiger partial charge in [-0.3, -0.25) is 4.68 Å². The maximum atomic E-state index is 5.88. The van der Waals surface area contributed by atoms with Gasteiger partial charge in [-0.05, 0) is 57.5 Å². The summed E-state index contributed by atoms with van der Waals surface area (Å²) in [5, 5.41) is 4.24. The molecule has 1 aliphatic heterocycles. The van der Waals surface area contributed by atoms with E-state index >= 15 is 0 Å². The quantitative estimate of drug-likeness (QED) is 0.779. The maximum Gasteiger partial charge on any atom is 0.0916 e. The van der Waals surface area contributed by atoms with Crippen molar-refractivity contribution in [3.05, 3.63) is 40.3 Å². The van der Waals surface area contributed by atoms with Crippen LogP contribution in [0.2, 0.25) is 0 Å². The summed E-state index contributed by atoms with van der Waals surface area (Å²) >= 11 is 1.91. The Hall–Kier alpha value is -1.17. The van der Waals surface area contributed by atoms with Gasteiger partial charge in [-0.1, -0.05) is 0 Å². The molecule has 3 heterocycles. The van der Waals surface area contributed by atoms with E-state index in [0.717, 1.165) is 32.7 Å². The van der Waals surface area contributed by atoms with Crippen LogP contribution >= 0.6 is 11.3 Å². The van der Waals surface area contributed by atoms with Crippen molar-refractivity contribution >= 4 is 11.3 Å². The number of hydrogen-bond donors (Lipinski definition) is 0. The topological polar surface area (TPSA) is 30.3 Å².